The van der Waals surface area contributed by atoms with Crippen molar-refractivity contribution >= 4 is 15.6 Å². The summed E-state index contributed by atoms with van der Waals surface area (Å²) in [5, 5.41) is -0.898. The second-order valence-electron chi connectivity index (χ2n) is 3.99. The molecule has 0 bridgehead atoms. The molecule has 3 nitrogen and oxygen atoms in total. The van der Waals surface area contributed by atoms with Crippen LogP contribution in [0, 0.1) is 0 Å². The lowest BCUT2D eigenvalue weighted by Gasteiger charge is -2.14. The van der Waals surface area contributed by atoms with Crippen LogP contribution in [0.4, 0.5) is 0 Å². The zero-order valence-electron chi connectivity index (χ0n) is 10.2. The predicted molar refractivity (Wildman–Crippen MR) is 68.9 cm³/mol. The van der Waals surface area contributed by atoms with E-state index in [9.17, 15) is 13.2 Å². The van der Waals surface area contributed by atoms with Crippen molar-refractivity contribution in [2.75, 3.05) is 5.75 Å². The topological polar surface area (TPSA) is 51.2 Å². The number of ketones is 1. The van der Waals surface area contributed by atoms with Gasteiger partial charge >= 0.3 is 0 Å². The van der Waals surface area contributed by atoms with E-state index in [2.05, 4.69) is 0 Å². The van der Waals surface area contributed by atoms with Crippen LogP contribution in [-0.2, 0) is 9.84 Å². The molecule has 0 aliphatic rings. The Morgan fingerprint density at radius 2 is 1.76 bits per heavy atom. The van der Waals surface area contributed by atoms with Crippen LogP contribution >= 0.6 is 0 Å². The molecule has 0 heterocycles. The smallest absolute Gasteiger partial charge is 0.180 e. The number of Topliss-reactive ketones (excluding diaryl/α,β-unsaturated/α-hetero) is 1. The first-order valence-electron chi connectivity index (χ1n) is 5.83. The molecule has 0 saturated heterocycles. The highest BCUT2D eigenvalue weighted by atomic mass is 32.2. The third-order valence-corrected chi connectivity index (χ3v) is 5.04. The van der Waals surface area contributed by atoms with Crippen LogP contribution in [0.1, 0.15) is 37.0 Å². The Bertz CT molecular complexity index is 463. The zero-order valence-corrected chi connectivity index (χ0v) is 11.0. The first kappa shape index (κ1) is 13.9. The fourth-order valence-electron chi connectivity index (χ4n) is 1.82. The number of carbonyl (C=O) groups excluding carboxylic acids is 1. The van der Waals surface area contributed by atoms with Crippen molar-refractivity contribution in [1.29, 1.82) is 0 Å². The first-order valence-corrected chi connectivity index (χ1v) is 7.55. The summed E-state index contributed by atoms with van der Waals surface area (Å²) in [5.74, 6) is -0.217. The van der Waals surface area contributed by atoms with Crippen molar-refractivity contribution in [3.05, 3.63) is 35.9 Å². The van der Waals surface area contributed by atoms with Gasteiger partial charge in [-0.1, -0.05) is 44.2 Å². The molecule has 0 aliphatic heterocycles. The van der Waals surface area contributed by atoms with Crippen LogP contribution < -0.4 is 0 Å². The Hall–Kier alpha value is -1.16. The van der Waals surface area contributed by atoms with Crippen molar-refractivity contribution in [2.24, 2.45) is 0 Å². The van der Waals surface area contributed by atoms with E-state index in [1.807, 2.05) is 0 Å². The van der Waals surface area contributed by atoms with Crippen molar-refractivity contribution in [2.45, 2.75) is 31.9 Å². The Labute approximate surface area is 103 Å². The Kier molecular flexibility index (Phi) is 4.87. The molecule has 17 heavy (non-hydrogen) atoms. The number of benzene rings is 1. The molecule has 1 aromatic rings. The fraction of sp³-hybridized carbons (Fsp3) is 0.462. The van der Waals surface area contributed by atoms with Gasteiger partial charge in [-0.3, -0.25) is 4.79 Å². The standard InChI is InChI=1S/C13H18O3S/c1-3-10-17(15,16)12(4-2)13(14)11-8-6-5-7-9-11/h5-9,12H,3-4,10H2,1-2H3. The van der Waals surface area contributed by atoms with Crippen molar-refractivity contribution in [3.63, 3.8) is 0 Å². The van der Waals surface area contributed by atoms with Gasteiger partial charge in [0.15, 0.2) is 15.6 Å². The van der Waals surface area contributed by atoms with E-state index < -0.39 is 15.1 Å². The number of rotatable bonds is 6. The summed E-state index contributed by atoms with van der Waals surface area (Å²) < 4.78 is 23.9. The minimum atomic E-state index is -3.32. The lowest BCUT2D eigenvalue weighted by Crippen LogP contribution is -2.31. The maximum absolute atomic E-state index is 12.1. The minimum Gasteiger partial charge on any atom is -0.293 e. The summed E-state index contributed by atoms with van der Waals surface area (Å²) in [6, 6.07) is 8.61. The molecule has 0 saturated carbocycles. The molecule has 0 amide bonds. The largest absolute Gasteiger partial charge is 0.293 e. The second-order valence-corrected chi connectivity index (χ2v) is 6.30. The summed E-state index contributed by atoms with van der Waals surface area (Å²) >= 11 is 0. The Morgan fingerprint density at radius 1 is 1.18 bits per heavy atom. The van der Waals surface area contributed by atoms with Gasteiger partial charge in [-0.25, -0.2) is 8.42 Å². The van der Waals surface area contributed by atoms with Gasteiger partial charge in [-0.2, -0.15) is 0 Å². The third kappa shape index (κ3) is 3.40. The summed E-state index contributed by atoms with van der Waals surface area (Å²) in [6.45, 7) is 3.54. The highest BCUT2D eigenvalue weighted by molar-refractivity contribution is 7.92. The molecule has 1 aromatic carbocycles. The van der Waals surface area contributed by atoms with Gasteiger partial charge in [0.25, 0.3) is 0 Å². The SMILES string of the molecule is CCCS(=O)(=O)C(CC)C(=O)c1ccccc1. The average Bonchev–Trinajstić information content (AvgIpc) is 2.30. The Balaban J connectivity index is 3.01. The summed E-state index contributed by atoms with van der Waals surface area (Å²) in [6.07, 6.45) is 0.872. The van der Waals surface area contributed by atoms with E-state index in [0.29, 0.717) is 18.4 Å². The first-order chi connectivity index (χ1) is 8.03. The van der Waals surface area contributed by atoms with Gasteiger partial charge in [0.1, 0.15) is 5.25 Å². The number of hydrogen-bond donors (Lipinski definition) is 0. The minimum absolute atomic E-state index is 0.0735. The van der Waals surface area contributed by atoms with Crippen LogP contribution in [0.15, 0.2) is 30.3 Å². The third-order valence-electron chi connectivity index (χ3n) is 2.64. The van der Waals surface area contributed by atoms with Gasteiger partial charge in [-0.15, -0.1) is 0 Å². The van der Waals surface area contributed by atoms with E-state index in [-0.39, 0.29) is 11.5 Å². The zero-order chi connectivity index (χ0) is 12.9. The van der Waals surface area contributed by atoms with Gasteiger partial charge in [-0.05, 0) is 12.8 Å². The predicted octanol–water partition coefficient (Wildman–Crippen LogP) is 2.47. The molecule has 0 radical (unpaired) electrons. The van der Waals surface area contributed by atoms with E-state index in [1.165, 1.54) is 0 Å². The average molecular weight is 254 g/mol. The lowest BCUT2D eigenvalue weighted by molar-refractivity contribution is 0.0985. The molecule has 4 heteroatoms. The van der Waals surface area contributed by atoms with E-state index in [4.69, 9.17) is 0 Å². The highest BCUT2D eigenvalue weighted by Gasteiger charge is 2.30. The molecule has 0 fully saturated rings. The van der Waals surface area contributed by atoms with E-state index in [0.717, 1.165) is 0 Å². The monoisotopic (exact) mass is 254 g/mol. The molecule has 0 N–H and O–H groups in total. The second kappa shape index (κ2) is 5.96. The van der Waals surface area contributed by atoms with Gasteiger partial charge < -0.3 is 0 Å². The summed E-state index contributed by atoms with van der Waals surface area (Å²) in [4.78, 5) is 12.1. The normalized spacial score (nSPS) is 13.3. The number of carbonyl (C=O) groups is 1. The van der Waals surface area contributed by atoms with Gasteiger partial charge in [0.05, 0.1) is 5.75 Å². The number of sulfone groups is 1. The summed E-state index contributed by atoms with van der Waals surface area (Å²) in [7, 11) is -3.32. The van der Waals surface area contributed by atoms with Crippen molar-refractivity contribution in [3.8, 4) is 0 Å². The molecular formula is C13H18O3S. The van der Waals surface area contributed by atoms with Gasteiger partial charge in [0.2, 0.25) is 0 Å². The maximum Gasteiger partial charge on any atom is 0.180 e. The molecular weight excluding hydrogens is 236 g/mol. The van der Waals surface area contributed by atoms with Gasteiger partial charge in [0, 0.05) is 5.56 Å². The van der Waals surface area contributed by atoms with E-state index in [1.54, 1.807) is 44.2 Å². The van der Waals surface area contributed by atoms with Crippen LogP contribution in [0.2, 0.25) is 0 Å². The molecule has 0 aromatic heterocycles. The highest BCUT2D eigenvalue weighted by Crippen LogP contribution is 2.15. The molecule has 1 rings (SSSR count). The van der Waals surface area contributed by atoms with Crippen LogP contribution in [0.3, 0.4) is 0 Å². The van der Waals surface area contributed by atoms with Crippen LogP contribution in [0.25, 0.3) is 0 Å². The maximum atomic E-state index is 12.1. The summed E-state index contributed by atoms with van der Waals surface area (Å²) in [5.41, 5.74) is 0.471. The Morgan fingerprint density at radius 3 is 2.24 bits per heavy atom. The molecule has 1 atom stereocenters. The van der Waals surface area contributed by atoms with Crippen LogP contribution in [-0.4, -0.2) is 25.2 Å². The molecule has 0 aliphatic carbocycles. The molecule has 0 spiro atoms. The number of hydrogen-bond acceptors (Lipinski definition) is 3. The fourth-order valence-corrected chi connectivity index (χ4v) is 3.64. The lowest BCUT2D eigenvalue weighted by atomic mass is 10.1. The van der Waals surface area contributed by atoms with Crippen LogP contribution in [0.5, 0.6) is 0 Å². The van der Waals surface area contributed by atoms with E-state index >= 15 is 0 Å². The molecule has 94 valence electrons. The van der Waals surface area contributed by atoms with Crippen molar-refractivity contribution in [1.82, 2.24) is 0 Å². The van der Waals surface area contributed by atoms with Crippen molar-refractivity contribution < 1.29 is 13.2 Å². The molecule has 1 unspecified atom stereocenters. The quantitative estimate of drug-likeness (QED) is 0.733.